The van der Waals surface area contributed by atoms with Crippen molar-refractivity contribution in [1.29, 1.82) is 0 Å². The molecule has 0 aliphatic rings. The first-order valence-electron chi connectivity index (χ1n) is 8.25. The number of hydrogen-bond acceptors (Lipinski definition) is 3. The van der Waals surface area contributed by atoms with Crippen molar-refractivity contribution in [1.82, 2.24) is 5.32 Å². The molecule has 0 atom stereocenters. The number of rotatable bonds is 7. The van der Waals surface area contributed by atoms with Gasteiger partial charge in [-0.1, -0.05) is 6.07 Å². The molecule has 0 spiro atoms. The Morgan fingerprint density at radius 3 is 2.50 bits per heavy atom. The zero-order valence-electron chi connectivity index (χ0n) is 14.8. The van der Waals surface area contributed by atoms with Crippen LogP contribution in [0.3, 0.4) is 0 Å². The van der Waals surface area contributed by atoms with E-state index in [1.165, 1.54) is 19.1 Å². The first-order chi connectivity index (χ1) is 12.4. The second kappa shape index (κ2) is 9.82. The number of aryl methyl sites for hydroxylation is 1. The van der Waals surface area contributed by atoms with Gasteiger partial charge in [-0.05, 0) is 61.1 Å². The zero-order chi connectivity index (χ0) is 18.9. The molecule has 2 aromatic rings. The number of halogens is 1. The van der Waals surface area contributed by atoms with Gasteiger partial charge < -0.3 is 16.0 Å². The van der Waals surface area contributed by atoms with Crippen molar-refractivity contribution < 1.29 is 14.0 Å². The molecule has 0 unspecified atom stereocenters. The van der Waals surface area contributed by atoms with Crippen LogP contribution in [0.25, 0.3) is 0 Å². The summed E-state index contributed by atoms with van der Waals surface area (Å²) in [6.07, 6.45) is 0.792. The Bertz CT molecular complexity index is 766. The summed E-state index contributed by atoms with van der Waals surface area (Å²) in [5.74, 6) is 0.419. The zero-order valence-corrected chi connectivity index (χ0v) is 15.6. The van der Waals surface area contributed by atoms with Gasteiger partial charge in [0.15, 0.2) is 0 Å². The maximum absolute atomic E-state index is 12.8. The Hall–Kier alpha value is -2.54. The number of carbonyl (C=O) groups excluding carboxylic acids is 2. The highest BCUT2D eigenvalue weighted by molar-refractivity contribution is 7.99. The summed E-state index contributed by atoms with van der Waals surface area (Å²) in [6.45, 7) is 3.86. The third kappa shape index (κ3) is 6.76. The molecule has 0 bridgehead atoms. The summed E-state index contributed by atoms with van der Waals surface area (Å²) in [4.78, 5) is 24.1. The van der Waals surface area contributed by atoms with Crippen LogP contribution in [0.2, 0.25) is 0 Å². The third-order valence-corrected chi connectivity index (χ3v) is 4.59. The highest BCUT2D eigenvalue weighted by Gasteiger charge is 2.05. The van der Waals surface area contributed by atoms with E-state index >= 15 is 0 Å². The average Bonchev–Trinajstić information content (AvgIpc) is 2.59. The molecule has 0 heterocycles. The van der Waals surface area contributed by atoms with E-state index in [2.05, 4.69) is 16.0 Å². The second-order valence-electron chi connectivity index (χ2n) is 5.75. The van der Waals surface area contributed by atoms with Gasteiger partial charge in [0.25, 0.3) is 0 Å². The standard InChI is InChI=1S/C19H22FN3O2S/c1-13-4-7-16(12-18(13)22-14(2)24)23-19(25)21-10-3-11-26-17-8-5-15(20)6-9-17/h4-9,12H,3,10-11H2,1-2H3,(H,22,24)(H2,21,23,25). The summed E-state index contributed by atoms with van der Waals surface area (Å²) in [5, 5.41) is 8.27. The summed E-state index contributed by atoms with van der Waals surface area (Å²) in [7, 11) is 0. The molecule has 0 radical (unpaired) electrons. The molecule has 0 aliphatic heterocycles. The number of amides is 3. The van der Waals surface area contributed by atoms with E-state index in [9.17, 15) is 14.0 Å². The Balaban J connectivity index is 1.71. The fraction of sp³-hybridized carbons (Fsp3) is 0.263. The molecule has 0 saturated carbocycles. The first-order valence-corrected chi connectivity index (χ1v) is 9.24. The number of hydrogen-bond donors (Lipinski definition) is 3. The molecule has 5 nitrogen and oxygen atoms in total. The van der Waals surface area contributed by atoms with Crippen molar-refractivity contribution >= 4 is 35.1 Å². The molecule has 2 aromatic carbocycles. The second-order valence-corrected chi connectivity index (χ2v) is 6.92. The lowest BCUT2D eigenvalue weighted by atomic mass is 10.2. The van der Waals surface area contributed by atoms with E-state index in [1.54, 1.807) is 36.0 Å². The van der Waals surface area contributed by atoms with E-state index in [0.717, 1.165) is 22.6 Å². The Morgan fingerprint density at radius 2 is 1.81 bits per heavy atom. The maximum Gasteiger partial charge on any atom is 0.319 e. The van der Waals surface area contributed by atoms with Gasteiger partial charge in [0.05, 0.1) is 0 Å². The quantitative estimate of drug-likeness (QED) is 0.496. The normalized spacial score (nSPS) is 10.3. The minimum atomic E-state index is -0.297. The van der Waals surface area contributed by atoms with Crippen LogP contribution in [-0.2, 0) is 4.79 Å². The van der Waals surface area contributed by atoms with Gasteiger partial charge in [0, 0.05) is 29.7 Å². The van der Waals surface area contributed by atoms with Gasteiger partial charge in [-0.25, -0.2) is 9.18 Å². The predicted octanol–water partition coefficient (Wildman–Crippen LogP) is 4.40. The lowest BCUT2D eigenvalue weighted by Gasteiger charge is -2.11. The SMILES string of the molecule is CC(=O)Nc1cc(NC(=O)NCCCSc2ccc(F)cc2)ccc1C. The molecule has 0 aliphatic carbocycles. The fourth-order valence-corrected chi connectivity index (χ4v) is 3.05. The third-order valence-electron chi connectivity index (χ3n) is 3.50. The van der Waals surface area contributed by atoms with Crippen LogP contribution in [0, 0.1) is 12.7 Å². The molecular formula is C19H22FN3O2S. The van der Waals surface area contributed by atoms with E-state index in [1.807, 2.05) is 13.0 Å². The Labute approximate surface area is 156 Å². The first kappa shape index (κ1) is 19.8. The molecule has 3 amide bonds. The van der Waals surface area contributed by atoms with Crippen LogP contribution in [-0.4, -0.2) is 24.2 Å². The number of urea groups is 1. The van der Waals surface area contributed by atoms with Crippen LogP contribution in [0.5, 0.6) is 0 Å². The van der Waals surface area contributed by atoms with Crippen LogP contribution in [0.15, 0.2) is 47.4 Å². The molecule has 7 heteroatoms. The molecule has 0 aromatic heterocycles. The smallest absolute Gasteiger partial charge is 0.319 e. The topological polar surface area (TPSA) is 70.2 Å². The minimum absolute atomic E-state index is 0.159. The molecule has 0 fully saturated rings. The molecule has 138 valence electrons. The van der Waals surface area contributed by atoms with Crippen molar-refractivity contribution in [2.45, 2.75) is 25.2 Å². The van der Waals surface area contributed by atoms with Gasteiger partial charge in [0.2, 0.25) is 5.91 Å². The molecule has 0 saturated heterocycles. The van der Waals surface area contributed by atoms with Gasteiger partial charge in [0.1, 0.15) is 5.82 Å². The van der Waals surface area contributed by atoms with Gasteiger partial charge in [-0.15, -0.1) is 11.8 Å². The van der Waals surface area contributed by atoms with Crippen molar-refractivity contribution in [3.63, 3.8) is 0 Å². The lowest BCUT2D eigenvalue weighted by molar-refractivity contribution is -0.114. The summed E-state index contributed by atoms with van der Waals surface area (Å²) < 4.78 is 12.8. The number of nitrogens with one attached hydrogen (secondary N) is 3. The van der Waals surface area contributed by atoms with E-state index in [0.29, 0.717) is 17.9 Å². The summed E-state index contributed by atoms with van der Waals surface area (Å²) in [6, 6.07) is 11.4. The van der Waals surface area contributed by atoms with Crippen molar-refractivity contribution in [3.8, 4) is 0 Å². The number of carbonyl (C=O) groups is 2. The average molecular weight is 375 g/mol. The highest BCUT2D eigenvalue weighted by atomic mass is 32.2. The van der Waals surface area contributed by atoms with Gasteiger partial charge in [-0.3, -0.25) is 4.79 Å². The molecule has 26 heavy (non-hydrogen) atoms. The largest absolute Gasteiger partial charge is 0.338 e. The number of anilines is 2. The summed E-state index contributed by atoms with van der Waals surface area (Å²) in [5.41, 5.74) is 2.20. The number of benzene rings is 2. The van der Waals surface area contributed by atoms with Crippen LogP contribution in [0.1, 0.15) is 18.9 Å². The van der Waals surface area contributed by atoms with Crippen molar-refractivity contribution in [2.75, 3.05) is 22.9 Å². The van der Waals surface area contributed by atoms with Crippen LogP contribution >= 0.6 is 11.8 Å². The fourth-order valence-electron chi connectivity index (χ4n) is 2.19. The van der Waals surface area contributed by atoms with Crippen molar-refractivity contribution in [3.05, 3.63) is 53.8 Å². The van der Waals surface area contributed by atoms with Crippen molar-refractivity contribution in [2.24, 2.45) is 0 Å². The Morgan fingerprint density at radius 1 is 1.08 bits per heavy atom. The van der Waals surface area contributed by atoms with E-state index in [-0.39, 0.29) is 17.8 Å². The van der Waals surface area contributed by atoms with E-state index < -0.39 is 0 Å². The van der Waals surface area contributed by atoms with E-state index in [4.69, 9.17) is 0 Å². The monoisotopic (exact) mass is 375 g/mol. The lowest BCUT2D eigenvalue weighted by Crippen LogP contribution is -2.29. The van der Waals surface area contributed by atoms with Crippen LogP contribution < -0.4 is 16.0 Å². The summed E-state index contributed by atoms with van der Waals surface area (Å²) >= 11 is 1.62. The highest BCUT2D eigenvalue weighted by Crippen LogP contribution is 2.20. The number of thioether (sulfide) groups is 1. The maximum atomic E-state index is 12.8. The van der Waals surface area contributed by atoms with Crippen LogP contribution in [0.4, 0.5) is 20.6 Å². The molecular weight excluding hydrogens is 353 g/mol. The molecule has 3 N–H and O–H groups in total. The predicted molar refractivity (Wildman–Crippen MR) is 104 cm³/mol. The Kier molecular flexibility index (Phi) is 7.47. The van der Waals surface area contributed by atoms with Gasteiger partial charge in [-0.2, -0.15) is 0 Å². The van der Waals surface area contributed by atoms with Gasteiger partial charge >= 0.3 is 6.03 Å². The molecule has 2 rings (SSSR count). The minimum Gasteiger partial charge on any atom is -0.338 e.